The molecule has 2 fully saturated rings. The minimum Gasteiger partial charge on any atom is -0.379 e. The summed E-state index contributed by atoms with van der Waals surface area (Å²) >= 11 is 0. The second-order valence-electron chi connectivity index (χ2n) is 4.76. The van der Waals surface area contributed by atoms with Crippen LogP contribution in [-0.4, -0.2) is 62.0 Å². The molecule has 0 aromatic rings. The maximum absolute atomic E-state index is 12.4. The molecule has 0 aliphatic carbocycles. The highest BCUT2D eigenvalue weighted by molar-refractivity contribution is 7.86. The summed E-state index contributed by atoms with van der Waals surface area (Å²) in [5.41, 5.74) is 5.85. The lowest BCUT2D eigenvalue weighted by molar-refractivity contribution is 0.0683. The van der Waals surface area contributed by atoms with Gasteiger partial charge in [0.1, 0.15) is 0 Å². The van der Waals surface area contributed by atoms with Gasteiger partial charge in [0.15, 0.2) is 0 Å². The molecule has 0 saturated carbocycles. The predicted molar refractivity (Wildman–Crippen MR) is 64.7 cm³/mol. The zero-order chi connectivity index (χ0) is 12.5. The number of hydrogen-bond acceptors (Lipinski definition) is 4. The Morgan fingerprint density at radius 2 is 1.88 bits per heavy atom. The third-order valence-electron chi connectivity index (χ3n) is 3.45. The van der Waals surface area contributed by atoms with E-state index in [9.17, 15) is 8.42 Å². The van der Waals surface area contributed by atoms with Crippen LogP contribution in [0.4, 0.5) is 0 Å². The van der Waals surface area contributed by atoms with Gasteiger partial charge >= 0.3 is 0 Å². The van der Waals surface area contributed by atoms with E-state index >= 15 is 0 Å². The molecule has 0 aromatic carbocycles. The van der Waals surface area contributed by atoms with Crippen molar-refractivity contribution in [2.75, 3.05) is 32.8 Å². The summed E-state index contributed by atoms with van der Waals surface area (Å²) in [6.07, 6.45) is 1.48. The van der Waals surface area contributed by atoms with Crippen molar-refractivity contribution in [1.82, 2.24) is 8.61 Å². The minimum atomic E-state index is -3.33. The van der Waals surface area contributed by atoms with Crippen LogP contribution in [0, 0.1) is 0 Å². The smallest absolute Gasteiger partial charge is 0.282 e. The molecule has 7 heteroatoms. The molecule has 2 saturated heterocycles. The Morgan fingerprint density at radius 1 is 1.24 bits per heavy atom. The van der Waals surface area contributed by atoms with E-state index in [4.69, 9.17) is 10.5 Å². The highest BCUT2D eigenvalue weighted by atomic mass is 32.2. The Hall–Kier alpha value is -0.210. The minimum absolute atomic E-state index is 0.00778. The number of rotatable bonds is 2. The van der Waals surface area contributed by atoms with E-state index < -0.39 is 10.2 Å². The molecule has 2 atom stereocenters. The van der Waals surface area contributed by atoms with E-state index in [-0.39, 0.29) is 12.1 Å². The lowest BCUT2D eigenvalue weighted by Crippen LogP contribution is -2.55. The fourth-order valence-corrected chi connectivity index (χ4v) is 4.24. The largest absolute Gasteiger partial charge is 0.379 e. The topological polar surface area (TPSA) is 75.9 Å². The van der Waals surface area contributed by atoms with Crippen LogP contribution in [-0.2, 0) is 14.9 Å². The Labute approximate surface area is 103 Å². The number of nitrogens with two attached hydrogens (primary N) is 1. The summed E-state index contributed by atoms with van der Waals surface area (Å²) in [6, 6.07) is 0.118. The van der Waals surface area contributed by atoms with Gasteiger partial charge in [-0.2, -0.15) is 17.0 Å². The second kappa shape index (κ2) is 5.19. The Balaban J connectivity index is 2.08. The number of morpholine rings is 1. The normalized spacial score (nSPS) is 33.8. The molecule has 0 amide bonds. The number of ether oxygens (including phenoxy) is 1. The lowest BCUT2D eigenvalue weighted by Gasteiger charge is -2.39. The predicted octanol–water partition coefficient (Wildman–Crippen LogP) is -0.625. The van der Waals surface area contributed by atoms with Gasteiger partial charge in [-0.15, -0.1) is 0 Å². The highest BCUT2D eigenvalue weighted by Crippen LogP contribution is 2.22. The van der Waals surface area contributed by atoms with Crippen LogP contribution in [0.3, 0.4) is 0 Å². The SMILES string of the molecule is CC1CC(N)CCN1S(=O)(=O)N1CCOCC1. The average Bonchev–Trinajstić information content (AvgIpc) is 2.29. The monoisotopic (exact) mass is 263 g/mol. The van der Waals surface area contributed by atoms with E-state index in [2.05, 4.69) is 0 Å². The van der Waals surface area contributed by atoms with Crippen LogP contribution in [0.25, 0.3) is 0 Å². The summed E-state index contributed by atoms with van der Waals surface area (Å²) in [6.45, 7) is 4.34. The van der Waals surface area contributed by atoms with Crippen molar-refractivity contribution in [3.05, 3.63) is 0 Å². The van der Waals surface area contributed by atoms with Crippen molar-refractivity contribution in [1.29, 1.82) is 0 Å². The standard InChI is InChI=1S/C10H21N3O3S/c1-9-8-10(11)2-3-13(9)17(14,15)12-4-6-16-7-5-12/h9-10H,2-8,11H2,1H3. The van der Waals surface area contributed by atoms with Gasteiger partial charge in [-0.25, -0.2) is 0 Å². The molecule has 2 aliphatic heterocycles. The quantitative estimate of drug-likeness (QED) is 0.720. The number of piperidine rings is 1. The van der Waals surface area contributed by atoms with Gasteiger partial charge in [-0.1, -0.05) is 0 Å². The molecule has 0 spiro atoms. The second-order valence-corrected chi connectivity index (χ2v) is 6.64. The highest BCUT2D eigenvalue weighted by Gasteiger charge is 2.36. The van der Waals surface area contributed by atoms with Gasteiger partial charge in [0.05, 0.1) is 13.2 Å². The molecule has 100 valence electrons. The summed E-state index contributed by atoms with van der Waals surface area (Å²) in [7, 11) is -3.33. The van der Waals surface area contributed by atoms with Crippen molar-refractivity contribution in [3.8, 4) is 0 Å². The third kappa shape index (κ3) is 2.79. The van der Waals surface area contributed by atoms with Crippen molar-refractivity contribution in [2.45, 2.75) is 31.8 Å². The van der Waals surface area contributed by atoms with Crippen LogP contribution in [0.2, 0.25) is 0 Å². The van der Waals surface area contributed by atoms with E-state index in [0.29, 0.717) is 32.8 Å². The maximum Gasteiger partial charge on any atom is 0.282 e. The van der Waals surface area contributed by atoms with Crippen molar-refractivity contribution in [2.24, 2.45) is 5.73 Å². The van der Waals surface area contributed by atoms with Crippen molar-refractivity contribution < 1.29 is 13.2 Å². The zero-order valence-electron chi connectivity index (χ0n) is 10.2. The van der Waals surface area contributed by atoms with Gasteiger partial charge in [0.2, 0.25) is 0 Å². The first-order chi connectivity index (χ1) is 8.01. The van der Waals surface area contributed by atoms with Gasteiger partial charge in [0.25, 0.3) is 10.2 Å². The summed E-state index contributed by atoms with van der Waals surface area (Å²) in [5.74, 6) is 0. The lowest BCUT2D eigenvalue weighted by atomic mass is 10.0. The molecule has 2 N–H and O–H groups in total. The fourth-order valence-electron chi connectivity index (χ4n) is 2.46. The van der Waals surface area contributed by atoms with Crippen molar-refractivity contribution in [3.63, 3.8) is 0 Å². The van der Waals surface area contributed by atoms with E-state index in [1.54, 1.807) is 4.31 Å². The van der Waals surface area contributed by atoms with E-state index in [1.165, 1.54) is 4.31 Å². The molecule has 0 aromatic heterocycles. The molecular weight excluding hydrogens is 242 g/mol. The summed E-state index contributed by atoms with van der Waals surface area (Å²) in [5, 5.41) is 0. The number of nitrogens with zero attached hydrogens (tertiary/aromatic N) is 2. The Bertz CT molecular complexity index is 354. The van der Waals surface area contributed by atoms with Crippen LogP contribution in [0.5, 0.6) is 0 Å². The molecule has 0 radical (unpaired) electrons. The Kier molecular flexibility index (Phi) is 4.04. The van der Waals surface area contributed by atoms with Gasteiger partial charge in [-0.3, -0.25) is 0 Å². The first-order valence-corrected chi connectivity index (χ1v) is 7.52. The molecular formula is C10H21N3O3S. The summed E-state index contributed by atoms with van der Waals surface area (Å²) < 4.78 is 33.1. The summed E-state index contributed by atoms with van der Waals surface area (Å²) in [4.78, 5) is 0. The molecule has 17 heavy (non-hydrogen) atoms. The molecule has 6 nitrogen and oxygen atoms in total. The van der Waals surface area contributed by atoms with Crippen LogP contribution >= 0.6 is 0 Å². The molecule has 2 unspecified atom stereocenters. The van der Waals surface area contributed by atoms with Crippen molar-refractivity contribution >= 4 is 10.2 Å². The maximum atomic E-state index is 12.4. The molecule has 2 heterocycles. The first kappa shape index (κ1) is 13.2. The first-order valence-electron chi connectivity index (χ1n) is 6.12. The molecule has 0 bridgehead atoms. The van der Waals surface area contributed by atoms with E-state index in [0.717, 1.165) is 12.8 Å². The average molecular weight is 263 g/mol. The van der Waals surface area contributed by atoms with Crippen LogP contribution < -0.4 is 5.73 Å². The Morgan fingerprint density at radius 3 is 2.47 bits per heavy atom. The third-order valence-corrected chi connectivity index (χ3v) is 5.60. The fraction of sp³-hybridized carbons (Fsp3) is 1.00. The number of hydrogen-bond donors (Lipinski definition) is 1. The van der Waals surface area contributed by atoms with Gasteiger partial charge in [-0.05, 0) is 19.8 Å². The van der Waals surface area contributed by atoms with Crippen LogP contribution in [0.1, 0.15) is 19.8 Å². The zero-order valence-corrected chi connectivity index (χ0v) is 11.0. The molecule has 2 rings (SSSR count). The van der Waals surface area contributed by atoms with E-state index in [1.807, 2.05) is 6.92 Å². The van der Waals surface area contributed by atoms with Crippen LogP contribution in [0.15, 0.2) is 0 Å². The molecule has 2 aliphatic rings. The van der Waals surface area contributed by atoms with Gasteiger partial charge < -0.3 is 10.5 Å². The van der Waals surface area contributed by atoms with Gasteiger partial charge in [0, 0.05) is 31.7 Å².